The molecule has 0 bridgehead atoms. The van der Waals surface area contributed by atoms with Gasteiger partial charge in [-0.05, 0) is 86.9 Å². The SMILES string of the molecule is COC(=O)C1(c2ccc(Nc3nc(Nc4ccc(S(=O)(=O)N5CCCC5)cc4)nc4c3CCC4)cc2)CCC1. The molecule has 0 spiro atoms. The zero-order chi connectivity index (χ0) is 27.0. The van der Waals surface area contributed by atoms with Gasteiger partial charge in [0, 0.05) is 30.0 Å². The third-order valence-corrected chi connectivity index (χ3v) is 10.1. The maximum Gasteiger partial charge on any atom is 0.316 e. The zero-order valence-electron chi connectivity index (χ0n) is 22.1. The molecule has 0 atom stereocenters. The number of anilines is 4. The number of nitrogens with zero attached hydrogens (tertiary/aromatic N) is 3. The molecule has 10 heteroatoms. The first kappa shape index (κ1) is 25.8. The van der Waals surface area contributed by atoms with E-state index in [1.54, 1.807) is 28.6 Å². The van der Waals surface area contributed by atoms with Crippen LogP contribution in [0.25, 0.3) is 0 Å². The van der Waals surface area contributed by atoms with Crippen molar-refractivity contribution in [3.63, 3.8) is 0 Å². The number of aryl methyl sites for hydroxylation is 1. The van der Waals surface area contributed by atoms with Crippen LogP contribution < -0.4 is 10.6 Å². The molecule has 1 aliphatic heterocycles. The van der Waals surface area contributed by atoms with Crippen molar-refractivity contribution >= 4 is 39.1 Å². The summed E-state index contributed by atoms with van der Waals surface area (Å²) < 4.78 is 32.3. The van der Waals surface area contributed by atoms with Crippen LogP contribution in [-0.4, -0.2) is 48.9 Å². The van der Waals surface area contributed by atoms with E-state index in [1.807, 2.05) is 24.3 Å². The van der Waals surface area contributed by atoms with E-state index in [4.69, 9.17) is 14.7 Å². The van der Waals surface area contributed by atoms with E-state index in [1.165, 1.54) is 7.11 Å². The number of aromatic nitrogens is 2. The Morgan fingerprint density at radius 3 is 2.18 bits per heavy atom. The van der Waals surface area contributed by atoms with Crippen molar-refractivity contribution in [2.45, 2.75) is 61.7 Å². The number of sulfonamides is 1. The van der Waals surface area contributed by atoms with E-state index in [0.717, 1.165) is 85.4 Å². The van der Waals surface area contributed by atoms with Crippen molar-refractivity contribution in [2.24, 2.45) is 0 Å². The average Bonchev–Trinajstić information content (AvgIpc) is 3.62. The number of benzene rings is 2. The molecule has 2 heterocycles. The summed E-state index contributed by atoms with van der Waals surface area (Å²) in [7, 11) is -2.01. The third-order valence-electron chi connectivity index (χ3n) is 8.23. The number of fused-ring (bicyclic) bond motifs is 1. The van der Waals surface area contributed by atoms with Gasteiger partial charge in [0.15, 0.2) is 0 Å². The normalized spacial score (nSPS) is 18.3. The molecular weight excluding hydrogens is 514 g/mol. The van der Waals surface area contributed by atoms with Crippen molar-refractivity contribution < 1.29 is 17.9 Å². The minimum Gasteiger partial charge on any atom is -0.468 e. The van der Waals surface area contributed by atoms with Gasteiger partial charge < -0.3 is 15.4 Å². The van der Waals surface area contributed by atoms with E-state index >= 15 is 0 Å². The van der Waals surface area contributed by atoms with Gasteiger partial charge in [0.05, 0.1) is 23.1 Å². The van der Waals surface area contributed by atoms with E-state index in [-0.39, 0.29) is 5.97 Å². The zero-order valence-corrected chi connectivity index (χ0v) is 22.9. The number of esters is 1. The first-order valence-electron chi connectivity index (χ1n) is 13.6. The van der Waals surface area contributed by atoms with Crippen molar-refractivity contribution in [2.75, 3.05) is 30.8 Å². The number of nitrogens with one attached hydrogen (secondary N) is 2. The number of methoxy groups -OCH3 is 1. The summed E-state index contributed by atoms with van der Waals surface area (Å²) in [6.45, 7) is 1.16. The number of hydrogen-bond acceptors (Lipinski definition) is 8. The summed E-state index contributed by atoms with van der Waals surface area (Å²) in [6, 6.07) is 14.7. The van der Waals surface area contributed by atoms with Crippen LogP contribution in [-0.2, 0) is 37.8 Å². The van der Waals surface area contributed by atoms with Crippen LogP contribution in [0.5, 0.6) is 0 Å². The highest BCUT2D eigenvalue weighted by Crippen LogP contribution is 2.45. The van der Waals surface area contributed by atoms with Gasteiger partial charge in [0.1, 0.15) is 5.82 Å². The predicted octanol–water partition coefficient (Wildman–Crippen LogP) is 4.83. The largest absolute Gasteiger partial charge is 0.468 e. The summed E-state index contributed by atoms with van der Waals surface area (Å²) in [6.07, 6.45) is 7.27. The number of rotatable bonds is 8. The summed E-state index contributed by atoms with van der Waals surface area (Å²) in [4.78, 5) is 22.3. The first-order valence-corrected chi connectivity index (χ1v) is 15.1. The molecular formula is C29H33N5O4S. The molecule has 2 aromatic carbocycles. The molecule has 204 valence electrons. The number of carbonyl (C=O) groups is 1. The molecule has 2 aliphatic carbocycles. The molecule has 2 N–H and O–H groups in total. The molecule has 1 aromatic heterocycles. The van der Waals surface area contributed by atoms with Crippen LogP contribution in [0, 0.1) is 0 Å². The fourth-order valence-corrected chi connectivity index (χ4v) is 7.37. The smallest absolute Gasteiger partial charge is 0.316 e. The number of ether oxygens (including phenoxy) is 1. The standard InChI is InChI=1S/C29H33N5O4S/c1-38-27(35)29(16-5-17-29)20-8-10-21(11-9-20)30-26-24-6-4-7-25(24)32-28(33-26)31-22-12-14-23(15-13-22)39(36,37)34-18-2-3-19-34/h8-15H,2-7,16-19H2,1H3,(H2,30,31,32,33). The molecule has 0 amide bonds. The Kier molecular flexibility index (Phi) is 6.76. The minimum atomic E-state index is -3.46. The Hall–Kier alpha value is -3.50. The van der Waals surface area contributed by atoms with E-state index < -0.39 is 15.4 Å². The van der Waals surface area contributed by atoms with Gasteiger partial charge in [-0.1, -0.05) is 18.6 Å². The van der Waals surface area contributed by atoms with Crippen LogP contribution in [0.15, 0.2) is 53.4 Å². The highest BCUT2D eigenvalue weighted by Gasteiger charge is 2.46. The highest BCUT2D eigenvalue weighted by atomic mass is 32.2. The summed E-state index contributed by atoms with van der Waals surface area (Å²) in [5.41, 5.74) is 4.19. The lowest BCUT2D eigenvalue weighted by Crippen LogP contribution is -2.43. The molecule has 6 rings (SSSR count). The second-order valence-electron chi connectivity index (χ2n) is 10.6. The minimum absolute atomic E-state index is 0.166. The highest BCUT2D eigenvalue weighted by molar-refractivity contribution is 7.89. The summed E-state index contributed by atoms with van der Waals surface area (Å²) in [5, 5.41) is 6.71. The molecule has 2 fully saturated rings. The Labute approximate surface area is 229 Å². The fraction of sp³-hybridized carbons (Fsp3) is 0.414. The first-order chi connectivity index (χ1) is 18.9. The molecule has 0 radical (unpaired) electrons. The van der Waals surface area contributed by atoms with Gasteiger partial charge in [-0.3, -0.25) is 4.79 Å². The Morgan fingerprint density at radius 1 is 0.872 bits per heavy atom. The third kappa shape index (κ3) is 4.76. The Bertz CT molecular complexity index is 1480. The van der Waals surface area contributed by atoms with Gasteiger partial charge in [-0.25, -0.2) is 13.4 Å². The van der Waals surface area contributed by atoms with Gasteiger partial charge in [0.25, 0.3) is 0 Å². The Balaban J connectivity index is 1.21. The lowest BCUT2D eigenvalue weighted by Gasteiger charge is -2.39. The van der Waals surface area contributed by atoms with Crippen molar-refractivity contribution in [3.8, 4) is 0 Å². The second-order valence-corrected chi connectivity index (χ2v) is 12.5. The molecule has 39 heavy (non-hydrogen) atoms. The van der Waals surface area contributed by atoms with E-state index in [0.29, 0.717) is 23.9 Å². The topological polar surface area (TPSA) is 114 Å². The van der Waals surface area contributed by atoms with Crippen LogP contribution >= 0.6 is 0 Å². The molecule has 3 aromatic rings. The average molecular weight is 548 g/mol. The predicted molar refractivity (Wildman–Crippen MR) is 149 cm³/mol. The van der Waals surface area contributed by atoms with Gasteiger partial charge in [-0.2, -0.15) is 9.29 Å². The van der Waals surface area contributed by atoms with E-state index in [2.05, 4.69) is 10.6 Å². The summed E-state index contributed by atoms with van der Waals surface area (Å²) in [5.74, 6) is 1.05. The van der Waals surface area contributed by atoms with Crippen molar-refractivity contribution in [3.05, 3.63) is 65.4 Å². The lowest BCUT2D eigenvalue weighted by atomic mass is 9.64. The maximum atomic E-state index is 12.8. The monoisotopic (exact) mass is 547 g/mol. The van der Waals surface area contributed by atoms with Gasteiger partial charge in [-0.15, -0.1) is 0 Å². The molecule has 1 saturated carbocycles. The van der Waals surface area contributed by atoms with Crippen LogP contribution in [0.2, 0.25) is 0 Å². The van der Waals surface area contributed by atoms with Crippen molar-refractivity contribution in [1.29, 1.82) is 0 Å². The van der Waals surface area contributed by atoms with E-state index in [9.17, 15) is 13.2 Å². The van der Waals surface area contributed by atoms with Gasteiger partial charge >= 0.3 is 5.97 Å². The molecule has 3 aliphatic rings. The number of hydrogen-bond donors (Lipinski definition) is 2. The summed E-state index contributed by atoms with van der Waals surface area (Å²) >= 11 is 0. The maximum absolute atomic E-state index is 12.8. The molecule has 0 unspecified atom stereocenters. The van der Waals surface area contributed by atoms with Crippen molar-refractivity contribution in [1.82, 2.24) is 14.3 Å². The van der Waals surface area contributed by atoms with Gasteiger partial charge in [0.2, 0.25) is 16.0 Å². The molecule has 9 nitrogen and oxygen atoms in total. The number of carbonyl (C=O) groups excluding carboxylic acids is 1. The lowest BCUT2D eigenvalue weighted by molar-refractivity contribution is -0.151. The second kappa shape index (κ2) is 10.2. The molecule has 1 saturated heterocycles. The fourth-order valence-electron chi connectivity index (χ4n) is 5.85. The van der Waals surface area contributed by atoms with Crippen LogP contribution in [0.3, 0.4) is 0 Å². The Morgan fingerprint density at radius 2 is 1.54 bits per heavy atom. The quantitative estimate of drug-likeness (QED) is 0.386. The van der Waals surface area contributed by atoms with Crippen LogP contribution in [0.4, 0.5) is 23.1 Å². The van der Waals surface area contributed by atoms with Crippen LogP contribution in [0.1, 0.15) is 55.3 Å².